The van der Waals surface area contributed by atoms with Crippen LogP contribution < -0.4 is 5.73 Å². The van der Waals surface area contributed by atoms with E-state index in [1.54, 1.807) is 17.6 Å². The Labute approximate surface area is 192 Å². The van der Waals surface area contributed by atoms with Crippen molar-refractivity contribution in [2.24, 2.45) is 0 Å². The van der Waals surface area contributed by atoms with Crippen LogP contribution >= 0.6 is 0 Å². The van der Waals surface area contributed by atoms with E-state index >= 15 is 0 Å². The molecule has 6 nitrogen and oxygen atoms in total. The number of rotatable bonds is 4. The summed E-state index contributed by atoms with van der Waals surface area (Å²) in [6, 6.07) is 22.4. The summed E-state index contributed by atoms with van der Waals surface area (Å²) in [5.74, 6) is 0.137. The van der Waals surface area contributed by atoms with Crippen LogP contribution in [0.15, 0.2) is 82.6 Å². The fourth-order valence-electron chi connectivity index (χ4n) is 4.30. The Morgan fingerprint density at radius 1 is 0.879 bits per heavy atom. The third kappa shape index (κ3) is 3.36. The minimum absolute atomic E-state index is 0.00670. The van der Waals surface area contributed by atoms with Crippen LogP contribution in [0, 0.1) is 13.8 Å². The molecule has 0 aliphatic carbocycles. The highest BCUT2D eigenvalue weighted by atomic mass is 32.2. The first kappa shape index (κ1) is 21.2. The Kier molecular flexibility index (Phi) is 4.94. The summed E-state index contributed by atoms with van der Waals surface area (Å²) < 4.78 is 29.8. The third-order valence-corrected chi connectivity index (χ3v) is 8.02. The first-order chi connectivity index (χ1) is 15.8. The average molecular weight is 457 g/mol. The van der Waals surface area contributed by atoms with Gasteiger partial charge in [-0.3, -0.25) is 0 Å². The van der Waals surface area contributed by atoms with Gasteiger partial charge in [0.25, 0.3) is 0 Å². The fraction of sp³-hybridized carbons (Fsp3) is 0.154. The van der Waals surface area contributed by atoms with Crippen LogP contribution in [0.5, 0.6) is 0 Å². The average Bonchev–Trinajstić information content (AvgIpc) is 3.10. The fourth-order valence-corrected chi connectivity index (χ4v) is 6.12. The maximum Gasteiger partial charge on any atom is 0.212 e. The van der Waals surface area contributed by atoms with Crippen LogP contribution in [0.4, 0.5) is 5.82 Å². The molecule has 2 heterocycles. The molecule has 0 saturated heterocycles. The zero-order chi connectivity index (χ0) is 23.3. The van der Waals surface area contributed by atoms with Crippen molar-refractivity contribution < 1.29 is 8.42 Å². The third-order valence-electron chi connectivity index (χ3n) is 6.06. The van der Waals surface area contributed by atoms with Gasteiger partial charge in [-0.1, -0.05) is 54.6 Å². The number of fused-ring (bicyclic) bond motifs is 2. The molecule has 0 aliphatic heterocycles. The van der Waals surface area contributed by atoms with E-state index in [9.17, 15) is 8.42 Å². The molecule has 7 heteroatoms. The molecule has 0 radical (unpaired) electrons. The molecule has 2 aromatic heterocycles. The minimum Gasteiger partial charge on any atom is -0.384 e. The van der Waals surface area contributed by atoms with Crippen molar-refractivity contribution in [1.82, 2.24) is 14.5 Å². The van der Waals surface area contributed by atoms with Gasteiger partial charge in [-0.2, -0.15) is 0 Å². The minimum atomic E-state index is -3.96. The summed E-state index contributed by atoms with van der Waals surface area (Å²) in [5.41, 5.74) is 11.2. The predicted molar refractivity (Wildman–Crippen MR) is 131 cm³/mol. The standard InChI is InChI=1S/C26H24N4O2S/c1-16-13-14-17(2)22(15-16)33(31,32)24-23-26(29-21-12-8-7-11-20(21)28-23)30(25(24)27)18(3)19-9-5-4-6-10-19/h4-15,18H,27H2,1-3H3/t18-/m0/s1. The maximum atomic E-state index is 14.0. The predicted octanol–water partition coefficient (Wildman–Crippen LogP) is 5.23. The Hall–Kier alpha value is -3.71. The molecule has 2 N–H and O–H groups in total. The monoisotopic (exact) mass is 456 g/mol. The van der Waals surface area contributed by atoms with Gasteiger partial charge in [-0.25, -0.2) is 18.4 Å². The Morgan fingerprint density at radius 2 is 1.52 bits per heavy atom. The molecule has 166 valence electrons. The number of nitrogens with zero attached hydrogens (tertiary/aromatic N) is 3. The lowest BCUT2D eigenvalue weighted by Crippen LogP contribution is -2.13. The summed E-state index contributed by atoms with van der Waals surface area (Å²) in [6.45, 7) is 5.64. The van der Waals surface area contributed by atoms with Crippen molar-refractivity contribution in [3.8, 4) is 0 Å². The van der Waals surface area contributed by atoms with Crippen LogP contribution in [0.25, 0.3) is 22.2 Å². The van der Waals surface area contributed by atoms with E-state index in [1.807, 2.05) is 80.6 Å². The van der Waals surface area contributed by atoms with E-state index in [1.165, 1.54) is 0 Å². The van der Waals surface area contributed by atoms with Gasteiger partial charge in [0.15, 0.2) is 5.65 Å². The number of para-hydroxylation sites is 2. The number of nitrogens with two attached hydrogens (primary N) is 1. The Morgan fingerprint density at radius 3 is 2.21 bits per heavy atom. The number of benzene rings is 3. The van der Waals surface area contributed by atoms with Gasteiger partial charge in [-0.05, 0) is 55.7 Å². The number of aryl methyl sites for hydroxylation is 2. The highest BCUT2D eigenvalue weighted by Gasteiger charge is 2.32. The highest BCUT2D eigenvalue weighted by Crippen LogP contribution is 2.39. The second-order valence-corrected chi connectivity index (χ2v) is 10.2. The van der Waals surface area contributed by atoms with Crippen molar-refractivity contribution in [3.05, 3.63) is 89.5 Å². The van der Waals surface area contributed by atoms with Crippen molar-refractivity contribution >= 4 is 37.9 Å². The second-order valence-electron chi connectivity index (χ2n) is 8.33. The summed E-state index contributed by atoms with van der Waals surface area (Å²) in [4.78, 5) is 9.78. The normalized spacial score (nSPS) is 12.9. The molecule has 5 aromatic rings. The molecule has 3 aromatic carbocycles. The SMILES string of the molecule is Cc1ccc(C)c(S(=O)(=O)c2c(N)n([C@@H](C)c3ccccc3)c3nc4ccccc4nc23)c1. The molecule has 5 rings (SSSR count). The van der Waals surface area contributed by atoms with E-state index in [2.05, 4.69) is 0 Å². The quantitative estimate of drug-likeness (QED) is 0.400. The van der Waals surface area contributed by atoms with Crippen molar-refractivity contribution in [2.75, 3.05) is 5.73 Å². The molecular weight excluding hydrogens is 432 g/mol. The lowest BCUT2D eigenvalue weighted by atomic mass is 10.1. The van der Waals surface area contributed by atoms with Gasteiger partial charge >= 0.3 is 0 Å². The first-order valence-electron chi connectivity index (χ1n) is 10.7. The Bertz CT molecular complexity index is 1620. The highest BCUT2D eigenvalue weighted by molar-refractivity contribution is 7.92. The second kappa shape index (κ2) is 7.71. The van der Waals surface area contributed by atoms with Gasteiger partial charge in [0.05, 0.1) is 22.0 Å². The Balaban J connectivity index is 1.89. The van der Waals surface area contributed by atoms with Crippen molar-refractivity contribution in [3.63, 3.8) is 0 Å². The molecule has 1 atom stereocenters. The maximum absolute atomic E-state index is 14.0. The largest absolute Gasteiger partial charge is 0.384 e. The molecule has 0 fully saturated rings. The van der Waals surface area contributed by atoms with Crippen LogP contribution in [-0.2, 0) is 9.84 Å². The molecule has 0 unspecified atom stereocenters. The van der Waals surface area contributed by atoms with Crippen molar-refractivity contribution in [2.45, 2.75) is 36.6 Å². The summed E-state index contributed by atoms with van der Waals surface area (Å²) in [6.07, 6.45) is 0. The van der Waals surface area contributed by atoms with Gasteiger partial charge < -0.3 is 10.3 Å². The molecule has 0 spiro atoms. The van der Waals surface area contributed by atoms with Crippen LogP contribution in [0.2, 0.25) is 0 Å². The van der Waals surface area contributed by atoms with Gasteiger partial charge in [0.2, 0.25) is 9.84 Å². The van der Waals surface area contributed by atoms with E-state index in [0.717, 1.165) is 11.1 Å². The van der Waals surface area contributed by atoms with Gasteiger partial charge in [-0.15, -0.1) is 0 Å². The van der Waals surface area contributed by atoms with E-state index in [0.29, 0.717) is 22.2 Å². The summed E-state index contributed by atoms with van der Waals surface area (Å²) >= 11 is 0. The van der Waals surface area contributed by atoms with Crippen molar-refractivity contribution in [1.29, 1.82) is 0 Å². The number of sulfone groups is 1. The molecular formula is C26H24N4O2S. The molecule has 0 aliphatic rings. The number of hydrogen-bond donors (Lipinski definition) is 1. The van der Waals surface area contributed by atoms with Crippen LogP contribution in [-0.4, -0.2) is 23.0 Å². The molecule has 0 amide bonds. The number of hydrogen-bond acceptors (Lipinski definition) is 5. The number of anilines is 1. The van der Waals surface area contributed by atoms with Gasteiger partial charge in [0.1, 0.15) is 16.2 Å². The van der Waals surface area contributed by atoms with Crippen LogP contribution in [0.1, 0.15) is 29.7 Å². The zero-order valence-electron chi connectivity index (χ0n) is 18.6. The smallest absolute Gasteiger partial charge is 0.212 e. The number of aromatic nitrogens is 3. The van der Waals surface area contributed by atoms with E-state index < -0.39 is 9.84 Å². The van der Waals surface area contributed by atoms with E-state index in [4.69, 9.17) is 15.7 Å². The topological polar surface area (TPSA) is 90.9 Å². The van der Waals surface area contributed by atoms with E-state index in [-0.39, 0.29) is 27.2 Å². The lowest BCUT2D eigenvalue weighted by Gasteiger charge is -2.17. The molecule has 0 saturated carbocycles. The first-order valence-corrected chi connectivity index (χ1v) is 12.2. The van der Waals surface area contributed by atoms with Gasteiger partial charge in [0, 0.05) is 0 Å². The zero-order valence-corrected chi connectivity index (χ0v) is 19.5. The number of nitrogen functional groups attached to an aromatic ring is 1. The van der Waals surface area contributed by atoms with Crippen LogP contribution in [0.3, 0.4) is 0 Å². The molecule has 0 bridgehead atoms. The molecule has 33 heavy (non-hydrogen) atoms. The lowest BCUT2D eigenvalue weighted by molar-refractivity contribution is 0.595. The summed E-state index contributed by atoms with van der Waals surface area (Å²) in [7, 11) is -3.96. The summed E-state index contributed by atoms with van der Waals surface area (Å²) in [5, 5.41) is 0.